The first-order chi connectivity index (χ1) is 16.4. The summed E-state index contributed by atoms with van der Waals surface area (Å²) in [5.41, 5.74) is 1.68. The number of hydrogen-bond donors (Lipinski definition) is 1. The Balaban J connectivity index is 1.90. The van der Waals surface area contributed by atoms with E-state index in [4.69, 9.17) is 11.6 Å². The number of alkyl halides is 3. The number of nitrogens with one attached hydrogen (secondary N) is 1. The average Bonchev–Trinajstić information content (AvgIpc) is 2.80. The maximum absolute atomic E-state index is 13.5. The summed E-state index contributed by atoms with van der Waals surface area (Å²) in [4.78, 5) is 23.8. The summed E-state index contributed by atoms with van der Waals surface area (Å²) in [5.74, 6) is 0.0116. The molecule has 1 aromatic carbocycles. The fourth-order valence-electron chi connectivity index (χ4n) is 3.55. The molecule has 0 atom stereocenters. The highest BCUT2D eigenvalue weighted by atomic mass is 35.5. The van der Waals surface area contributed by atoms with Crippen molar-refractivity contribution in [1.82, 2.24) is 14.9 Å². The predicted molar refractivity (Wildman–Crippen MR) is 132 cm³/mol. The standard InChI is InChI=1S/C26H28ClF3N4O/c1-25(2,3)19-8-9-21(32-14-19)16-34(24(35)22-13-20(27)15-33-23(22)31-4)11-10-17-6-5-7-18(12-17)26(28,29)30/h5-9,12-15H,10-11,16H2,1-4H3,(H,31,33). The lowest BCUT2D eigenvalue weighted by molar-refractivity contribution is -0.137. The van der Waals surface area contributed by atoms with E-state index in [2.05, 4.69) is 36.1 Å². The van der Waals surface area contributed by atoms with Gasteiger partial charge in [0.05, 0.1) is 28.4 Å². The molecule has 35 heavy (non-hydrogen) atoms. The summed E-state index contributed by atoms with van der Waals surface area (Å²) in [6.07, 6.45) is -0.980. The number of carbonyl (C=O) groups is 1. The number of aromatic nitrogens is 2. The normalized spacial score (nSPS) is 11.9. The summed E-state index contributed by atoms with van der Waals surface area (Å²) in [7, 11) is 1.65. The zero-order valence-electron chi connectivity index (χ0n) is 20.1. The van der Waals surface area contributed by atoms with Gasteiger partial charge in [-0.25, -0.2) is 4.98 Å². The van der Waals surface area contributed by atoms with Crippen molar-refractivity contribution in [3.05, 3.63) is 87.8 Å². The summed E-state index contributed by atoms with van der Waals surface area (Å²) >= 11 is 6.10. The van der Waals surface area contributed by atoms with Crippen LogP contribution in [0.5, 0.6) is 0 Å². The van der Waals surface area contributed by atoms with Gasteiger partial charge >= 0.3 is 6.18 Å². The van der Waals surface area contributed by atoms with Gasteiger partial charge < -0.3 is 10.2 Å². The molecule has 186 valence electrons. The van der Waals surface area contributed by atoms with Crippen LogP contribution in [-0.4, -0.2) is 34.4 Å². The van der Waals surface area contributed by atoms with Crippen molar-refractivity contribution >= 4 is 23.3 Å². The van der Waals surface area contributed by atoms with Gasteiger partial charge in [0.1, 0.15) is 5.82 Å². The number of benzene rings is 1. The van der Waals surface area contributed by atoms with Gasteiger partial charge in [-0.05, 0) is 41.2 Å². The van der Waals surface area contributed by atoms with Crippen LogP contribution in [0.25, 0.3) is 0 Å². The van der Waals surface area contributed by atoms with Gasteiger partial charge in [-0.3, -0.25) is 9.78 Å². The van der Waals surface area contributed by atoms with Crippen LogP contribution in [0.4, 0.5) is 19.0 Å². The van der Waals surface area contributed by atoms with Crippen molar-refractivity contribution in [2.75, 3.05) is 18.9 Å². The Kier molecular flexibility index (Phi) is 8.05. The Morgan fingerprint density at radius 3 is 2.37 bits per heavy atom. The molecule has 0 aliphatic carbocycles. The number of rotatable bonds is 7. The van der Waals surface area contributed by atoms with E-state index >= 15 is 0 Å². The lowest BCUT2D eigenvalue weighted by Crippen LogP contribution is -2.33. The molecule has 0 aliphatic heterocycles. The second-order valence-electron chi connectivity index (χ2n) is 9.26. The van der Waals surface area contributed by atoms with Crippen LogP contribution in [-0.2, 0) is 24.6 Å². The Morgan fingerprint density at radius 2 is 1.77 bits per heavy atom. The number of amides is 1. The second-order valence-corrected chi connectivity index (χ2v) is 9.70. The van der Waals surface area contributed by atoms with Crippen molar-refractivity contribution in [2.45, 2.75) is 45.3 Å². The van der Waals surface area contributed by atoms with E-state index in [1.165, 1.54) is 18.3 Å². The summed E-state index contributed by atoms with van der Waals surface area (Å²) in [5, 5.41) is 3.19. The minimum Gasteiger partial charge on any atom is -0.372 e. The lowest BCUT2D eigenvalue weighted by atomic mass is 9.88. The smallest absolute Gasteiger partial charge is 0.372 e. The fraction of sp³-hybridized carbons (Fsp3) is 0.346. The molecule has 5 nitrogen and oxygen atoms in total. The molecular formula is C26H28ClF3N4O. The molecule has 1 N–H and O–H groups in total. The fourth-order valence-corrected chi connectivity index (χ4v) is 3.71. The Bertz CT molecular complexity index is 1170. The van der Waals surface area contributed by atoms with E-state index in [9.17, 15) is 18.0 Å². The van der Waals surface area contributed by atoms with Crippen molar-refractivity contribution in [2.24, 2.45) is 0 Å². The maximum atomic E-state index is 13.5. The van der Waals surface area contributed by atoms with E-state index in [-0.39, 0.29) is 36.4 Å². The zero-order valence-corrected chi connectivity index (χ0v) is 20.8. The van der Waals surface area contributed by atoms with Crippen LogP contribution >= 0.6 is 11.6 Å². The van der Waals surface area contributed by atoms with Crippen LogP contribution in [0.15, 0.2) is 54.9 Å². The largest absolute Gasteiger partial charge is 0.416 e. The highest BCUT2D eigenvalue weighted by Crippen LogP contribution is 2.30. The number of halogens is 4. The van der Waals surface area contributed by atoms with Crippen molar-refractivity contribution in [1.29, 1.82) is 0 Å². The Hall–Kier alpha value is -3.13. The molecule has 3 aromatic rings. The van der Waals surface area contributed by atoms with Gasteiger partial charge in [0.25, 0.3) is 5.91 Å². The van der Waals surface area contributed by atoms with Gasteiger partial charge in [0.2, 0.25) is 0 Å². The number of carbonyl (C=O) groups excluding carboxylic acids is 1. The van der Waals surface area contributed by atoms with Crippen LogP contribution in [0.2, 0.25) is 5.02 Å². The molecule has 0 radical (unpaired) electrons. The van der Waals surface area contributed by atoms with Crippen LogP contribution < -0.4 is 5.32 Å². The molecule has 0 saturated carbocycles. The van der Waals surface area contributed by atoms with Crippen LogP contribution in [0.1, 0.15) is 53.5 Å². The Labute approximate surface area is 208 Å². The SMILES string of the molecule is CNc1ncc(Cl)cc1C(=O)N(CCc1cccc(C(F)(F)F)c1)Cc1ccc(C(C)(C)C)cn1. The number of pyridine rings is 2. The minimum atomic E-state index is -4.43. The minimum absolute atomic E-state index is 0.0707. The number of nitrogens with zero attached hydrogens (tertiary/aromatic N) is 3. The third kappa shape index (κ3) is 6.94. The molecule has 0 bridgehead atoms. The van der Waals surface area contributed by atoms with Gasteiger partial charge in [-0.1, -0.05) is 56.6 Å². The topological polar surface area (TPSA) is 58.1 Å². The van der Waals surface area contributed by atoms with E-state index in [1.807, 2.05) is 12.1 Å². The van der Waals surface area contributed by atoms with Crippen LogP contribution in [0.3, 0.4) is 0 Å². The second kappa shape index (κ2) is 10.6. The molecule has 1 amide bonds. The van der Waals surface area contributed by atoms with Crippen molar-refractivity contribution in [3.63, 3.8) is 0 Å². The lowest BCUT2D eigenvalue weighted by Gasteiger charge is -2.24. The molecule has 2 aromatic heterocycles. The van der Waals surface area contributed by atoms with E-state index < -0.39 is 11.7 Å². The molecule has 0 fully saturated rings. The molecule has 0 spiro atoms. The average molecular weight is 505 g/mol. The summed E-state index contributed by atoms with van der Waals surface area (Å²) < 4.78 is 39.4. The first-order valence-electron chi connectivity index (χ1n) is 11.1. The van der Waals surface area contributed by atoms with Gasteiger partial charge in [0, 0.05) is 26.0 Å². The predicted octanol–water partition coefficient (Wildman–Crippen LogP) is 6.37. The molecule has 9 heteroatoms. The summed E-state index contributed by atoms with van der Waals surface area (Å²) in [6.45, 7) is 6.61. The highest BCUT2D eigenvalue weighted by molar-refractivity contribution is 6.31. The molecule has 2 heterocycles. The molecule has 0 unspecified atom stereocenters. The first kappa shape index (κ1) is 26.5. The Morgan fingerprint density at radius 1 is 1.03 bits per heavy atom. The third-order valence-corrected chi connectivity index (χ3v) is 5.78. The summed E-state index contributed by atoms with van der Waals surface area (Å²) in [6, 6.07) is 10.5. The number of hydrogen-bond acceptors (Lipinski definition) is 4. The van der Waals surface area contributed by atoms with E-state index in [0.717, 1.165) is 17.7 Å². The quantitative estimate of drug-likeness (QED) is 0.406. The van der Waals surface area contributed by atoms with Crippen molar-refractivity contribution in [3.8, 4) is 0 Å². The molecule has 0 saturated heterocycles. The van der Waals surface area contributed by atoms with Gasteiger partial charge in [-0.2, -0.15) is 13.2 Å². The van der Waals surface area contributed by atoms with Crippen LogP contribution in [0, 0.1) is 0 Å². The van der Waals surface area contributed by atoms with Gasteiger partial charge in [0.15, 0.2) is 0 Å². The van der Waals surface area contributed by atoms with E-state index in [1.54, 1.807) is 24.2 Å². The highest BCUT2D eigenvalue weighted by Gasteiger charge is 2.30. The first-order valence-corrected chi connectivity index (χ1v) is 11.5. The maximum Gasteiger partial charge on any atom is 0.416 e. The zero-order chi connectivity index (χ0) is 25.8. The number of anilines is 1. The van der Waals surface area contributed by atoms with E-state index in [0.29, 0.717) is 22.1 Å². The third-order valence-electron chi connectivity index (χ3n) is 5.58. The van der Waals surface area contributed by atoms with Gasteiger partial charge in [-0.15, -0.1) is 0 Å². The monoisotopic (exact) mass is 504 g/mol. The molecule has 0 aliphatic rings. The molecular weight excluding hydrogens is 477 g/mol. The van der Waals surface area contributed by atoms with Crippen molar-refractivity contribution < 1.29 is 18.0 Å². The molecule has 3 rings (SSSR count).